The van der Waals surface area contributed by atoms with Crippen molar-refractivity contribution >= 4 is 17.8 Å². The Balaban J connectivity index is 1.95. The van der Waals surface area contributed by atoms with Crippen molar-refractivity contribution in [2.24, 2.45) is 0 Å². The SMILES string of the molecule is Cc1ccc(Cc2cc3c(c(N)n2)OC(=O)/C=C\C(=O)O3)cc1. The van der Waals surface area contributed by atoms with Crippen molar-refractivity contribution in [1.29, 1.82) is 0 Å². The van der Waals surface area contributed by atoms with Gasteiger partial charge in [0.1, 0.15) is 0 Å². The van der Waals surface area contributed by atoms with E-state index < -0.39 is 11.9 Å². The van der Waals surface area contributed by atoms with Crippen LogP contribution in [0.5, 0.6) is 11.5 Å². The quantitative estimate of drug-likeness (QED) is 0.852. The molecule has 1 aliphatic rings. The molecule has 2 N–H and O–H groups in total. The predicted molar refractivity (Wildman–Crippen MR) is 83.0 cm³/mol. The molecule has 3 rings (SSSR count). The van der Waals surface area contributed by atoms with Crippen LogP contribution in [-0.2, 0) is 16.0 Å². The molecule has 0 saturated heterocycles. The van der Waals surface area contributed by atoms with E-state index >= 15 is 0 Å². The van der Waals surface area contributed by atoms with Crippen LogP contribution in [0.25, 0.3) is 0 Å². The Bertz CT molecular complexity index is 810. The van der Waals surface area contributed by atoms with Gasteiger partial charge in [0, 0.05) is 24.6 Å². The summed E-state index contributed by atoms with van der Waals surface area (Å²) < 4.78 is 10.2. The first kappa shape index (κ1) is 14.8. The van der Waals surface area contributed by atoms with E-state index in [-0.39, 0.29) is 17.3 Å². The summed E-state index contributed by atoms with van der Waals surface area (Å²) in [6.45, 7) is 2.01. The van der Waals surface area contributed by atoms with Gasteiger partial charge in [0.05, 0.1) is 5.69 Å². The van der Waals surface area contributed by atoms with E-state index in [1.54, 1.807) is 6.07 Å². The van der Waals surface area contributed by atoms with E-state index in [0.29, 0.717) is 12.1 Å². The van der Waals surface area contributed by atoms with Crippen LogP contribution in [0.4, 0.5) is 5.82 Å². The second-order valence-corrected chi connectivity index (χ2v) is 5.16. The van der Waals surface area contributed by atoms with Crippen molar-refractivity contribution in [3.63, 3.8) is 0 Å². The van der Waals surface area contributed by atoms with Crippen LogP contribution in [0, 0.1) is 6.92 Å². The zero-order valence-electron chi connectivity index (χ0n) is 12.4. The second-order valence-electron chi connectivity index (χ2n) is 5.16. The highest BCUT2D eigenvalue weighted by Gasteiger charge is 2.20. The minimum atomic E-state index is -0.706. The Morgan fingerprint density at radius 1 is 1.04 bits per heavy atom. The molecule has 6 nitrogen and oxygen atoms in total. The number of benzene rings is 1. The maximum absolute atomic E-state index is 11.6. The third-order valence-corrected chi connectivity index (χ3v) is 3.29. The first-order valence-corrected chi connectivity index (χ1v) is 6.98. The highest BCUT2D eigenvalue weighted by molar-refractivity contribution is 5.95. The molecule has 0 aliphatic carbocycles. The summed E-state index contributed by atoms with van der Waals surface area (Å²) in [5.74, 6) is -1.33. The van der Waals surface area contributed by atoms with Crippen LogP contribution in [0.1, 0.15) is 16.8 Å². The van der Waals surface area contributed by atoms with Crippen molar-refractivity contribution in [3.8, 4) is 11.5 Å². The van der Waals surface area contributed by atoms with E-state index in [1.165, 1.54) is 0 Å². The lowest BCUT2D eigenvalue weighted by molar-refractivity contribution is -0.133. The smallest absolute Gasteiger partial charge is 0.336 e. The Labute approximate surface area is 132 Å². The fourth-order valence-corrected chi connectivity index (χ4v) is 2.18. The molecule has 1 aromatic heterocycles. The number of esters is 2. The topological polar surface area (TPSA) is 91.5 Å². The van der Waals surface area contributed by atoms with E-state index in [2.05, 4.69) is 4.98 Å². The van der Waals surface area contributed by atoms with Crippen molar-refractivity contribution < 1.29 is 19.1 Å². The zero-order valence-corrected chi connectivity index (χ0v) is 12.4. The number of ether oxygens (including phenoxy) is 2. The van der Waals surface area contributed by atoms with Gasteiger partial charge in [0.15, 0.2) is 11.6 Å². The van der Waals surface area contributed by atoms with Crippen LogP contribution in [0.15, 0.2) is 42.5 Å². The molecule has 2 heterocycles. The molecular weight excluding hydrogens is 296 g/mol. The lowest BCUT2D eigenvalue weighted by Crippen LogP contribution is -2.16. The van der Waals surface area contributed by atoms with E-state index in [4.69, 9.17) is 15.2 Å². The number of aromatic nitrogens is 1. The number of hydrogen-bond donors (Lipinski definition) is 1. The van der Waals surface area contributed by atoms with Crippen LogP contribution < -0.4 is 15.2 Å². The number of fused-ring (bicyclic) bond motifs is 1. The monoisotopic (exact) mass is 310 g/mol. The van der Waals surface area contributed by atoms with Gasteiger partial charge in [-0.15, -0.1) is 0 Å². The third-order valence-electron chi connectivity index (χ3n) is 3.29. The second kappa shape index (κ2) is 5.92. The van der Waals surface area contributed by atoms with Gasteiger partial charge in [-0.25, -0.2) is 14.6 Å². The molecule has 0 amide bonds. The molecule has 23 heavy (non-hydrogen) atoms. The Kier molecular flexibility index (Phi) is 3.80. The molecule has 116 valence electrons. The van der Waals surface area contributed by atoms with Gasteiger partial charge in [-0.2, -0.15) is 0 Å². The summed E-state index contributed by atoms with van der Waals surface area (Å²) in [5.41, 5.74) is 8.65. The van der Waals surface area contributed by atoms with Crippen LogP contribution in [0.3, 0.4) is 0 Å². The Morgan fingerprint density at radius 3 is 2.39 bits per heavy atom. The summed E-state index contributed by atoms with van der Waals surface area (Å²) in [4.78, 5) is 27.3. The number of carbonyl (C=O) groups is 2. The Hall–Kier alpha value is -3.15. The highest BCUT2D eigenvalue weighted by atomic mass is 16.6. The lowest BCUT2D eigenvalue weighted by atomic mass is 10.1. The van der Waals surface area contributed by atoms with E-state index in [9.17, 15) is 9.59 Å². The molecule has 0 saturated carbocycles. The Morgan fingerprint density at radius 2 is 1.70 bits per heavy atom. The predicted octanol–water partition coefficient (Wildman–Crippen LogP) is 1.94. The minimum absolute atomic E-state index is 0.000983. The molecule has 0 spiro atoms. The fourth-order valence-electron chi connectivity index (χ4n) is 2.18. The summed E-state index contributed by atoms with van der Waals surface area (Å²) in [6, 6.07) is 9.52. The van der Waals surface area contributed by atoms with Gasteiger partial charge in [0.2, 0.25) is 5.75 Å². The largest absolute Gasteiger partial charge is 0.419 e. The molecule has 0 bridgehead atoms. The summed E-state index contributed by atoms with van der Waals surface area (Å²) in [7, 11) is 0. The third kappa shape index (κ3) is 3.37. The van der Waals surface area contributed by atoms with Gasteiger partial charge in [0.25, 0.3) is 0 Å². The van der Waals surface area contributed by atoms with E-state index in [0.717, 1.165) is 23.3 Å². The number of carbonyl (C=O) groups excluding carboxylic acids is 2. The summed E-state index contributed by atoms with van der Waals surface area (Å²) in [6.07, 6.45) is 2.49. The zero-order chi connectivity index (χ0) is 16.4. The maximum atomic E-state index is 11.6. The van der Waals surface area contributed by atoms with Gasteiger partial charge in [-0.05, 0) is 12.5 Å². The fraction of sp³-hybridized carbons (Fsp3) is 0.118. The van der Waals surface area contributed by atoms with E-state index in [1.807, 2.05) is 31.2 Å². The van der Waals surface area contributed by atoms with Crippen molar-refractivity contribution in [2.45, 2.75) is 13.3 Å². The molecular formula is C17H14N2O4. The normalized spacial score (nSPS) is 15.0. The molecule has 0 atom stereocenters. The summed E-state index contributed by atoms with van der Waals surface area (Å²) in [5, 5.41) is 0. The van der Waals surface area contributed by atoms with Gasteiger partial charge in [-0.3, -0.25) is 0 Å². The van der Waals surface area contributed by atoms with Crippen molar-refractivity contribution in [3.05, 3.63) is 59.3 Å². The number of rotatable bonds is 2. The molecule has 6 heteroatoms. The van der Waals surface area contributed by atoms with Crippen molar-refractivity contribution in [2.75, 3.05) is 5.73 Å². The molecule has 1 aliphatic heterocycles. The average molecular weight is 310 g/mol. The first-order valence-electron chi connectivity index (χ1n) is 6.98. The highest BCUT2D eigenvalue weighted by Crippen LogP contribution is 2.34. The molecule has 0 radical (unpaired) electrons. The van der Waals surface area contributed by atoms with Gasteiger partial charge in [-0.1, -0.05) is 29.8 Å². The van der Waals surface area contributed by atoms with Gasteiger partial charge >= 0.3 is 11.9 Å². The summed E-state index contributed by atoms with van der Waals surface area (Å²) >= 11 is 0. The number of anilines is 1. The number of nitrogens with two attached hydrogens (primary N) is 1. The molecule has 0 fully saturated rings. The number of hydrogen-bond acceptors (Lipinski definition) is 6. The number of nitrogen functional groups attached to an aromatic ring is 1. The number of aryl methyl sites for hydroxylation is 1. The molecule has 0 unspecified atom stereocenters. The standard InChI is InChI=1S/C17H14N2O4/c1-10-2-4-11(5-3-10)8-12-9-13-16(17(18)19-12)23-15(21)7-6-14(20)22-13/h2-7,9H,8H2,1H3,(H2,18,19)/b7-6-. The average Bonchev–Trinajstić information content (AvgIpc) is 2.50. The lowest BCUT2D eigenvalue weighted by Gasteiger charge is -2.14. The van der Waals surface area contributed by atoms with Crippen molar-refractivity contribution in [1.82, 2.24) is 4.98 Å². The molecule has 2 aromatic rings. The minimum Gasteiger partial charge on any atom is -0.419 e. The number of nitrogens with zero attached hydrogens (tertiary/aromatic N) is 1. The van der Waals surface area contributed by atoms with Crippen LogP contribution >= 0.6 is 0 Å². The first-order chi connectivity index (χ1) is 11.0. The maximum Gasteiger partial charge on any atom is 0.336 e. The van der Waals surface area contributed by atoms with Gasteiger partial charge < -0.3 is 15.2 Å². The molecule has 1 aromatic carbocycles. The van der Waals surface area contributed by atoms with Crippen LogP contribution in [0.2, 0.25) is 0 Å². The van der Waals surface area contributed by atoms with Crippen LogP contribution in [-0.4, -0.2) is 16.9 Å². The number of pyridine rings is 1.